The molecule has 0 saturated carbocycles. The second-order valence-electron chi connectivity index (χ2n) is 8.75. The van der Waals surface area contributed by atoms with Crippen molar-refractivity contribution in [3.8, 4) is 17.0 Å². The smallest absolute Gasteiger partial charge is 0.273 e. The van der Waals surface area contributed by atoms with Crippen LogP contribution in [-0.2, 0) is 0 Å². The van der Waals surface area contributed by atoms with Crippen LogP contribution in [0.2, 0.25) is 0 Å². The molecule has 2 aromatic carbocycles. The van der Waals surface area contributed by atoms with Crippen molar-refractivity contribution >= 4 is 5.91 Å². The van der Waals surface area contributed by atoms with Gasteiger partial charge in [-0.05, 0) is 44.9 Å². The maximum absolute atomic E-state index is 13.3. The SMILES string of the molecule is CCCCOc1ccc(C2c3c(-c4ccccc4)n[nH]c3C(=O)N2C(C)(C)C)cc1. The third-order valence-corrected chi connectivity index (χ3v) is 5.50. The highest BCUT2D eigenvalue weighted by Crippen LogP contribution is 2.46. The zero-order valence-corrected chi connectivity index (χ0v) is 18.1. The fraction of sp³-hybridized carbons (Fsp3) is 0.360. The molecule has 1 aromatic heterocycles. The predicted molar refractivity (Wildman–Crippen MR) is 119 cm³/mol. The topological polar surface area (TPSA) is 58.2 Å². The van der Waals surface area contributed by atoms with Crippen LogP contribution in [0.4, 0.5) is 0 Å². The van der Waals surface area contributed by atoms with Crippen LogP contribution in [0.25, 0.3) is 11.3 Å². The maximum Gasteiger partial charge on any atom is 0.273 e. The Hall–Kier alpha value is -3.08. The summed E-state index contributed by atoms with van der Waals surface area (Å²) in [5.74, 6) is 0.843. The minimum absolute atomic E-state index is 0.0135. The van der Waals surface area contributed by atoms with Gasteiger partial charge in [-0.3, -0.25) is 9.89 Å². The van der Waals surface area contributed by atoms with E-state index >= 15 is 0 Å². The van der Waals surface area contributed by atoms with Gasteiger partial charge in [-0.15, -0.1) is 0 Å². The van der Waals surface area contributed by atoms with E-state index in [1.54, 1.807) is 0 Å². The fourth-order valence-corrected chi connectivity index (χ4v) is 4.05. The summed E-state index contributed by atoms with van der Waals surface area (Å²) in [5, 5.41) is 7.54. The maximum atomic E-state index is 13.3. The van der Waals surface area contributed by atoms with E-state index in [0.29, 0.717) is 5.69 Å². The van der Waals surface area contributed by atoms with E-state index in [1.165, 1.54) is 0 Å². The van der Waals surface area contributed by atoms with E-state index in [-0.39, 0.29) is 17.5 Å². The van der Waals surface area contributed by atoms with Gasteiger partial charge in [-0.25, -0.2) is 0 Å². The van der Waals surface area contributed by atoms with E-state index in [9.17, 15) is 4.79 Å². The number of fused-ring (bicyclic) bond motifs is 1. The Morgan fingerprint density at radius 3 is 2.40 bits per heavy atom. The van der Waals surface area contributed by atoms with Crippen LogP contribution in [0.1, 0.15) is 68.2 Å². The molecule has 0 aliphatic carbocycles. The van der Waals surface area contributed by atoms with Gasteiger partial charge in [0, 0.05) is 16.7 Å². The average molecular weight is 404 g/mol. The van der Waals surface area contributed by atoms with E-state index in [4.69, 9.17) is 4.74 Å². The number of rotatable bonds is 6. The summed E-state index contributed by atoms with van der Waals surface area (Å²) in [5.41, 5.74) is 4.07. The first kappa shape index (κ1) is 20.2. The number of carbonyl (C=O) groups excluding carboxylic acids is 1. The van der Waals surface area contributed by atoms with E-state index < -0.39 is 0 Å². The summed E-state index contributed by atoms with van der Waals surface area (Å²) in [6.07, 6.45) is 2.14. The molecular weight excluding hydrogens is 374 g/mol. The van der Waals surface area contributed by atoms with Gasteiger partial charge in [0.2, 0.25) is 0 Å². The van der Waals surface area contributed by atoms with Crippen LogP contribution in [0, 0.1) is 0 Å². The molecule has 0 spiro atoms. The number of benzene rings is 2. The minimum atomic E-state index is -0.341. The van der Waals surface area contributed by atoms with Gasteiger partial charge in [-0.2, -0.15) is 5.10 Å². The van der Waals surface area contributed by atoms with Crippen LogP contribution in [0.3, 0.4) is 0 Å². The lowest BCUT2D eigenvalue weighted by atomic mass is 9.93. The normalized spacial score (nSPS) is 16.1. The number of carbonyl (C=O) groups is 1. The van der Waals surface area contributed by atoms with Crippen molar-refractivity contribution in [1.29, 1.82) is 0 Å². The quantitative estimate of drug-likeness (QED) is 0.545. The van der Waals surface area contributed by atoms with Gasteiger partial charge in [0.1, 0.15) is 11.4 Å². The highest BCUT2D eigenvalue weighted by molar-refractivity contribution is 6.00. The second kappa shape index (κ2) is 7.98. The van der Waals surface area contributed by atoms with Crippen LogP contribution < -0.4 is 4.74 Å². The van der Waals surface area contributed by atoms with E-state index in [0.717, 1.165) is 47.6 Å². The summed E-state index contributed by atoms with van der Waals surface area (Å²) in [4.78, 5) is 15.3. The summed E-state index contributed by atoms with van der Waals surface area (Å²) < 4.78 is 5.83. The number of aromatic nitrogens is 2. The first-order valence-corrected chi connectivity index (χ1v) is 10.6. The number of amides is 1. The largest absolute Gasteiger partial charge is 0.494 e. The third-order valence-electron chi connectivity index (χ3n) is 5.50. The number of ether oxygens (including phenoxy) is 1. The molecule has 0 bridgehead atoms. The van der Waals surface area contributed by atoms with E-state index in [2.05, 4.69) is 50.0 Å². The van der Waals surface area contributed by atoms with Crippen molar-refractivity contribution < 1.29 is 9.53 Å². The Morgan fingerprint density at radius 2 is 1.77 bits per heavy atom. The van der Waals surface area contributed by atoms with Crippen molar-refractivity contribution in [1.82, 2.24) is 15.1 Å². The van der Waals surface area contributed by atoms with Gasteiger partial charge >= 0.3 is 0 Å². The van der Waals surface area contributed by atoms with Gasteiger partial charge in [0.25, 0.3) is 5.91 Å². The molecule has 1 aliphatic rings. The minimum Gasteiger partial charge on any atom is -0.494 e. The van der Waals surface area contributed by atoms with Gasteiger partial charge in [-0.1, -0.05) is 55.8 Å². The zero-order chi connectivity index (χ0) is 21.3. The molecule has 0 saturated heterocycles. The summed E-state index contributed by atoms with van der Waals surface area (Å²) in [6, 6.07) is 17.9. The molecular formula is C25H29N3O2. The van der Waals surface area contributed by atoms with Crippen molar-refractivity contribution in [3.63, 3.8) is 0 Å². The van der Waals surface area contributed by atoms with E-state index in [1.807, 2.05) is 47.4 Å². The number of unbranched alkanes of at least 4 members (excludes halogenated alkanes) is 1. The molecule has 0 radical (unpaired) electrons. The Kier molecular flexibility index (Phi) is 5.37. The third kappa shape index (κ3) is 3.60. The Labute approximate surface area is 178 Å². The lowest BCUT2D eigenvalue weighted by molar-refractivity contribution is 0.0546. The van der Waals surface area contributed by atoms with Gasteiger partial charge in [0.15, 0.2) is 0 Å². The lowest BCUT2D eigenvalue weighted by Gasteiger charge is -2.37. The molecule has 1 aliphatic heterocycles. The molecule has 1 amide bonds. The highest BCUT2D eigenvalue weighted by Gasteiger charge is 2.46. The summed E-state index contributed by atoms with van der Waals surface area (Å²) >= 11 is 0. The molecule has 4 rings (SSSR count). The first-order chi connectivity index (χ1) is 14.4. The first-order valence-electron chi connectivity index (χ1n) is 10.6. The van der Waals surface area contributed by atoms with Crippen LogP contribution in [0.15, 0.2) is 54.6 Å². The Bertz CT molecular complexity index is 1020. The van der Waals surface area contributed by atoms with Crippen LogP contribution in [-0.4, -0.2) is 33.2 Å². The van der Waals surface area contributed by atoms with Gasteiger partial charge < -0.3 is 9.64 Å². The van der Waals surface area contributed by atoms with Crippen molar-refractivity contribution in [2.45, 2.75) is 52.1 Å². The standard InChI is InChI=1S/C25H29N3O2/c1-5-6-16-30-19-14-12-18(13-15-19)23-20-21(17-10-8-7-9-11-17)26-27-22(20)24(29)28(23)25(2,3)4/h7-15,23H,5-6,16H2,1-4H3,(H,26,27). The molecule has 5 nitrogen and oxygen atoms in total. The number of hydrogen-bond acceptors (Lipinski definition) is 3. The molecule has 156 valence electrons. The zero-order valence-electron chi connectivity index (χ0n) is 18.1. The van der Waals surface area contributed by atoms with Crippen molar-refractivity contribution in [3.05, 3.63) is 71.4 Å². The average Bonchev–Trinajstić information content (AvgIpc) is 3.28. The molecule has 1 atom stereocenters. The number of H-pyrrole nitrogens is 1. The van der Waals surface area contributed by atoms with Crippen molar-refractivity contribution in [2.24, 2.45) is 0 Å². The van der Waals surface area contributed by atoms with Gasteiger partial charge in [0.05, 0.1) is 18.3 Å². The number of aromatic amines is 1. The lowest BCUT2D eigenvalue weighted by Crippen LogP contribution is -2.44. The Morgan fingerprint density at radius 1 is 1.07 bits per heavy atom. The predicted octanol–water partition coefficient (Wildman–Crippen LogP) is 5.60. The highest BCUT2D eigenvalue weighted by atomic mass is 16.5. The molecule has 0 fully saturated rings. The number of nitrogens with zero attached hydrogens (tertiary/aromatic N) is 2. The van der Waals surface area contributed by atoms with Crippen LogP contribution in [0.5, 0.6) is 5.75 Å². The molecule has 30 heavy (non-hydrogen) atoms. The van der Waals surface area contributed by atoms with Crippen molar-refractivity contribution in [2.75, 3.05) is 6.61 Å². The molecule has 1 unspecified atom stereocenters. The second-order valence-corrected chi connectivity index (χ2v) is 8.75. The number of hydrogen-bond donors (Lipinski definition) is 1. The molecule has 1 N–H and O–H groups in total. The molecule has 2 heterocycles. The summed E-state index contributed by atoms with van der Waals surface area (Å²) in [6.45, 7) is 9.08. The fourth-order valence-electron chi connectivity index (χ4n) is 4.05. The monoisotopic (exact) mass is 403 g/mol. The number of nitrogens with one attached hydrogen (secondary N) is 1. The summed E-state index contributed by atoms with van der Waals surface area (Å²) in [7, 11) is 0. The Balaban J connectivity index is 1.77. The molecule has 5 heteroatoms. The molecule has 3 aromatic rings. The van der Waals surface area contributed by atoms with Crippen LogP contribution >= 0.6 is 0 Å².